The molecule has 1 aromatic heterocycles. The van der Waals surface area contributed by atoms with Crippen LogP contribution in [0.1, 0.15) is 57.2 Å². The van der Waals surface area contributed by atoms with Gasteiger partial charge in [0.15, 0.2) is 0 Å². The number of nitrogens with one attached hydrogen (secondary N) is 1. The third-order valence-electron chi connectivity index (χ3n) is 4.13. The zero-order valence-electron chi connectivity index (χ0n) is 14.4. The summed E-state index contributed by atoms with van der Waals surface area (Å²) in [6, 6.07) is 6.47. The van der Waals surface area contributed by atoms with Crippen molar-refractivity contribution in [2.75, 3.05) is 0 Å². The van der Waals surface area contributed by atoms with Crippen LogP contribution >= 0.6 is 0 Å². The smallest absolute Gasteiger partial charge is 0.241 e. The Hall–Kier alpha value is -1.93. The summed E-state index contributed by atoms with van der Waals surface area (Å²) in [5, 5.41) is 7.72. The molecule has 136 valence electrons. The van der Waals surface area contributed by atoms with E-state index in [0.29, 0.717) is 11.6 Å². The van der Waals surface area contributed by atoms with Crippen molar-refractivity contribution in [3.8, 4) is 5.75 Å². The van der Waals surface area contributed by atoms with Gasteiger partial charge in [-0.1, -0.05) is 13.8 Å². The zero-order chi connectivity index (χ0) is 17.9. The summed E-state index contributed by atoms with van der Waals surface area (Å²) in [5.41, 5.74) is 0. The van der Waals surface area contributed by atoms with Gasteiger partial charge in [-0.25, -0.2) is 13.1 Å². The molecule has 2 aromatic rings. The molecule has 0 radical (unpaired) electrons. The van der Waals surface area contributed by atoms with E-state index in [2.05, 4.69) is 14.9 Å². The van der Waals surface area contributed by atoms with Gasteiger partial charge in [-0.05, 0) is 49.9 Å². The molecule has 1 saturated carbocycles. The lowest BCUT2D eigenvalue weighted by atomic mass is 10.2. The summed E-state index contributed by atoms with van der Waals surface area (Å²) >= 11 is 0. The first kappa shape index (κ1) is 17.9. The quantitative estimate of drug-likeness (QED) is 0.810. The number of hydrogen-bond acceptors (Lipinski definition) is 6. The summed E-state index contributed by atoms with van der Waals surface area (Å²) in [7, 11) is -3.65. The SMILES string of the molecule is CC(C)c1nnc(CNS(=O)(=O)c2ccc(OC3CCCC3)cc2)o1. The maximum absolute atomic E-state index is 12.4. The van der Waals surface area contributed by atoms with Gasteiger partial charge in [0.2, 0.25) is 21.8 Å². The van der Waals surface area contributed by atoms with Crippen molar-refractivity contribution in [1.29, 1.82) is 0 Å². The van der Waals surface area contributed by atoms with Crippen molar-refractivity contribution in [1.82, 2.24) is 14.9 Å². The largest absolute Gasteiger partial charge is 0.490 e. The molecule has 0 unspecified atom stereocenters. The van der Waals surface area contributed by atoms with Crippen LogP contribution < -0.4 is 9.46 Å². The molecule has 0 bridgehead atoms. The minimum absolute atomic E-state index is 0.0393. The molecule has 0 amide bonds. The molecule has 1 aromatic carbocycles. The third kappa shape index (κ3) is 4.58. The summed E-state index contributed by atoms with van der Waals surface area (Å²) in [6.07, 6.45) is 4.74. The van der Waals surface area contributed by atoms with Crippen LogP contribution in [0.4, 0.5) is 0 Å². The molecule has 1 aliphatic rings. The molecule has 25 heavy (non-hydrogen) atoms. The molecule has 8 heteroatoms. The number of aromatic nitrogens is 2. The minimum Gasteiger partial charge on any atom is -0.490 e. The highest BCUT2D eigenvalue weighted by atomic mass is 32.2. The summed E-state index contributed by atoms with van der Waals surface area (Å²) < 4.78 is 38.4. The van der Waals surface area contributed by atoms with Crippen molar-refractivity contribution in [2.24, 2.45) is 0 Å². The highest BCUT2D eigenvalue weighted by molar-refractivity contribution is 7.89. The van der Waals surface area contributed by atoms with Crippen molar-refractivity contribution >= 4 is 10.0 Å². The van der Waals surface area contributed by atoms with E-state index in [-0.39, 0.29) is 29.4 Å². The van der Waals surface area contributed by atoms with Crippen molar-refractivity contribution in [3.63, 3.8) is 0 Å². The number of sulfonamides is 1. The average Bonchev–Trinajstić information content (AvgIpc) is 3.25. The van der Waals surface area contributed by atoms with Crippen LogP contribution in [0.2, 0.25) is 0 Å². The molecule has 1 fully saturated rings. The summed E-state index contributed by atoms with van der Waals surface area (Å²) in [4.78, 5) is 0.176. The number of rotatable bonds is 7. The molecular weight excluding hydrogens is 342 g/mol. The predicted octanol–water partition coefficient (Wildman–Crippen LogP) is 2.99. The monoisotopic (exact) mass is 365 g/mol. The Morgan fingerprint density at radius 3 is 2.48 bits per heavy atom. The second-order valence-electron chi connectivity index (χ2n) is 6.51. The van der Waals surface area contributed by atoms with Crippen LogP contribution in [0.3, 0.4) is 0 Å². The van der Waals surface area contributed by atoms with Crippen LogP contribution in [0.5, 0.6) is 5.75 Å². The Morgan fingerprint density at radius 1 is 1.20 bits per heavy atom. The van der Waals surface area contributed by atoms with Gasteiger partial charge in [-0.15, -0.1) is 10.2 Å². The molecule has 3 rings (SSSR count). The second kappa shape index (κ2) is 7.53. The van der Waals surface area contributed by atoms with Crippen molar-refractivity contribution in [3.05, 3.63) is 36.0 Å². The Bertz CT molecular complexity index is 794. The maximum atomic E-state index is 12.4. The first-order chi connectivity index (χ1) is 11.9. The number of nitrogens with zero attached hydrogens (tertiary/aromatic N) is 2. The average molecular weight is 365 g/mol. The van der Waals surface area contributed by atoms with Crippen molar-refractivity contribution < 1.29 is 17.6 Å². The van der Waals surface area contributed by atoms with E-state index >= 15 is 0 Å². The van der Waals surface area contributed by atoms with Gasteiger partial charge in [-0.2, -0.15) is 0 Å². The van der Waals surface area contributed by atoms with Crippen molar-refractivity contribution in [2.45, 2.75) is 63.0 Å². The molecule has 0 spiro atoms. The zero-order valence-corrected chi connectivity index (χ0v) is 15.3. The number of hydrogen-bond donors (Lipinski definition) is 1. The van der Waals surface area contributed by atoms with E-state index in [1.165, 1.54) is 12.8 Å². The molecule has 0 saturated heterocycles. The number of benzene rings is 1. The van der Waals surface area contributed by atoms with Gasteiger partial charge < -0.3 is 9.15 Å². The van der Waals surface area contributed by atoms with Crippen LogP contribution in [0.25, 0.3) is 0 Å². The van der Waals surface area contributed by atoms with E-state index in [9.17, 15) is 8.42 Å². The van der Waals surface area contributed by atoms with Gasteiger partial charge in [0.1, 0.15) is 5.75 Å². The van der Waals surface area contributed by atoms with E-state index in [0.717, 1.165) is 12.8 Å². The van der Waals surface area contributed by atoms with Crippen LogP contribution in [-0.4, -0.2) is 24.7 Å². The first-order valence-electron chi connectivity index (χ1n) is 8.53. The van der Waals surface area contributed by atoms with E-state index < -0.39 is 10.0 Å². The van der Waals surface area contributed by atoms with Gasteiger partial charge in [0, 0.05) is 5.92 Å². The van der Waals surface area contributed by atoms with Gasteiger partial charge in [0.05, 0.1) is 17.5 Å². The Morgan fingerprint density at radius 2 is 1.88 bits per heavy atom. The lowest BCUT2D eigenvalue weighted by Gasteiger charge is -2.13. The predicted molar refractivity (Wildman–Crippen MR) is 91.7 cm³/mol. The van der Waals surface area contributed by atoms with Crippen LogP contribution in [-0.2, 0) is 16.6 Å². The molecule has 0 atom stereocenters. The Kier molecular flexibility index (Phi) is 5.39. The fraction of sp³-hybridized carbons (Fsp3) is 0.529. The minimum atomic E-state index is -3.65. The third-order valence-corrected chi connectivity index (χ3v) is 5.55. The normalized spacial score (nSPS) is 15.8. The van der Waals surface area contributed by atoms with E-state index in [1.807, 2.05) is 13.8 Å². The Labute approximate surface area is 147 Å². The Balaban J connectivity index is 1.60. The van der Waals surface area contributed by atoms with Gasteiger partial charge in [-0.3, -0.25) is 0 Å². The fourth-order valence-corrected chi connectivity index (χ4v) is 3.68. The summed E-state index contributed by atoms with van der Waals surface area (Å²) in [5.74, 6) is 1.53. The number of ether oxygens (including phenoxy) is 1. The molecule has 1 heterocycles. The summed E-state index contributed by atoms with van der Waals surface area (Å²) in [6.45, 7) is 3.82. The van der Waals surface area contributed by atoms with Gasteiger partial charge in [0.25, 0.3) is 0 Å². The first-order valence-corrected chi connectivity index (χ1v) is 10.0. The maximum Gasteiger partial charge on any atom is 0.241 e. The fourth-order valence-electron chi connectivity index (χ4n) is 2.71. The molecule has 0 aliphatic heterocycles. The lowest BCUT2D eigenvalue weighted by molar-refractivity contribution is 0.210. The molecular formula is C17H23N3O4S. The molecule has 1 N–H and O–H groups in total. The van der Waals surface area contributed by atoms with Crippen LogP contribution in [0.15, 0.2) is 33.6 Å². The second-order valence-corrected chi connectivity index (χ2v) is 8.28. The highest BCUT2D eigenvalue weighted by Gasteiger charge is 2.19. The standard InChI is InChI=1S/C17H23N3O4S/c1-12(2)17-20-19-16(24-17)11-18-25(21,22)15-9-7-14(8-10-15)23-13-5-3-4-6-13/h7-10,12-13,18H,3-6,11H2,1-2H3. The molecule has 7 nitrogen and oxygen atoms in total. The van der Waals surface area contributed by atoms with E-state index in [4.69, 9.17) is 9.15 Å². The van der Waals surface area contributed by atoms with Gasteiger partial charge >= 0.3 is 0 Å². The topological polar surface area (TPSA) is 94.3 Å². The van der Waals surface area contributed by atoms with Crippen LogP contribution in [0, 0.1) is 0 Å². The molecule has 1 aliphatic carbocycles. The lowest BCUT2D eigenvalue weighted by Crippen LogP contribution is -2.23. The van der Waals surface area contributed by atoms with E-state index in [1.54, 1.807) is 24.3 Å². The highest BCUT2D eigenvalue weighted by Crippen LogP contribution is 2.25.